The molecule has 0 saturated heterocycles. The average molecular weight is 352 g/mol. The molecule has 0 saturated carbocycles. The lowest BCUT2D eigenvalue weighted by molar-refractivity contribution is 0.765. The standard InChI is InChI=1S/C23H20N4/c1-16(2)21-25-22(18-11-7-4-8-12-18)27-23(26-21)20-14-13-19(15-24-20)17-9-5-3-6-10-17/h3-16H,1-2H3. The van der Waals surface area contributed by atoms with E-state index in [1.165, 1.54) is 0 Å². The summed E-state index contributed by atoms with van der Waals surface area (Å²) in [6, 6.07) is 24.2. The van der Waals surface area contributed by atoms with Crippen LogP contribution in [0.5, 0.6) is 0 Å². The van der Waals surface area contributed by atoms with E-state index >= 15 is 0 Å². The Kier molecular flexibility index (Phi) is 4.71. The lowest BCUT2D eigenvalue weighted by Crippen LogP contribution is -2.05. The summed E-state index contributed by atoms with van der Waals surface area (Å²) in [4.78, 5) is 18.6. The Morgan fingerprint density at radius 2 is 1.22 bits per heavy atom. The second-order valence-electron chi connectivity index (χ2n) is 6.66. The molecule has 0 unspecified atom stereocenters. The number of rotatable bonds is 4. The van der Waals surface area contributed by atoms with E-state index in [0.29, 0.717) is 11.6 Å². The first kappa shape index (κ1) is 17.0. The summed E-state index contributed by atoms with van der Waals surface area (Å²) < 4.78 is 0. The predicted molar refractivity (Wildman–Crippen MR) is 108 cm³/mol. The maximum atomic E-state index is 4.67. The lowest BCUT2D eigenvalue weighted by atomic mass is 10.1. The lowest BCUT2D eigenvalue weighted by Gasteiger charge is -2.09. The molecule has 0 amide bonds. The fourth-order valence-electron chi connectivity index (χ4n) is 2.81. The van der Waals surface area contributed by atoms with Gasteiger partial charge in [0.25, 0.3) is 0 Å². The van der Waals surface area contributed by atoms with Crippen molar-refractivity contribution in [2.45, 2.75) is 19.8 Å². The molecular formula is C23H20N4. The molecule has 4 nitrogen and oxygen atoms in total. The fraction of sp³-hybridized carbons (Fsp3) is 0.130. The molecular weight excluding hydrogens is 332 g/mol. The van der Waals surface area contributed by atoms with Gasteiger partial charge in [0.2, 0.25) is 0 Å². The number of pyridine rings is 1. The summed E-state index contributed by atoms with van der Waals surface area (Å²) in [7, 11) is 0. The van der Waals surface area contributed by atoms with Gasteiger partial charge in [0.05, 0.1) is 0 Å². The zero-order valence-corrected chi connectivity index (χ0v) is 15.4. The van der Waals surface area contributed by atoms with Gasteiger partial charge in [-0.15, -0.1) is 0 Å². The van der Waals surface area contributed by atoms with Crippen LogP contribution >= 0.6 is 0 Å². The summed E-state index contributed by atoms with van der Waals surface area (Å²) in [6.07, 6.45) is 1.87. The third-order valence-electron chi connectivity index (χ3n) is 4.30. The third-order valence-corrected chi connectivity index (χ3v) is 4.30. The van der Waals surface area contributed by atoms with Crippen LogP contribution in [-0.4, -0.2) is 19.9 Å². The highest BCUT2D eigenvalue weighted by molar-refractivity contribution is 5.65. The van der Waals surface area contributed by atoms with Gasteiger partial charge in [-0.25, -0.2) is 15.0 Å². The number of nitrogens with zero attached hydrogens (tertiary/aromatic N) is 4. The summed E-state index contributed by atoms with van der Waals surface area (Å²) in [5.41, 5.74) is 3.93. The second-order valence-corrected chi connectivity index (χ2v) is 6.66. The Bertz CT molecular complexity index is 1030. The van der Waals surface area contributed by atoms with Crippen LogP contribution in [0, 0.1) is 0 Å². The van der Waals surface area contributed by atoms with Crippen molar-refractivity contribution in [1.29, 1.82) is 0 Å². The van der Waals surface area contributed by atoms with Crippen molar-refractivity contribution >= 4 is 0 Å². The first-order valence-electron chi connectivity index (χ1n) is 9.04. The number of aromatic nitrogens is 4. The van der Waals surface area contributed by atoms with E-state index < -0.39 is 0 Å². The zero-order valence-electron chi connectivity index (χ0n) is 15.4. The van der Waals surface area contributed by atoms with E-state index in [1.807, 2.05) is 60.8 Å². The van der Waals surface area contributed by atoms with Gasteiger partial charge in [-0.05, 0) is 11.6 Å². The summed E-state index contributed by atoms with van der Waals surface area (Å²) in [5, 5.41) is 0. The Hall–Kier alpha value is -3.40. The molecule has 2 aromatic carbocycles. The van der Waals surface area contributed by atoms with Crippen molar-refractivity contribution in [3.63, 3.8) is 0 Å². The van der Waals surface area contributed by atoms with E-state index in [2.05, 4.69) is 52.0 Å². The smallest absolute Gasteiger partial charge is 0.182 e. The van der Waals surface area contributed by atoms with Crippen LogP contribution in [0.4, 0.5) is 0 Å². The first-order chi connectivity index (χ1) is 13.2. The van der Waals surface area contributed by atoms with E-state index in [4.69, 9.17) is 0 Å². The Morgan fingerprint density at radius 1 is 0.593 bits per heavy atom. The van der Waals surface area contributed by atoms with Crippen molar-refractivity contribution in [2.24, 2.45) is 0 Å². The molecule has 0 atom stereocenters. The van der Waals surface area contributed by atoms with Gasteiger partial charge >= 0.3 is 0 Å². The molecule has 4 heteroatoms. The fourth-order valence-corrected chi connectivity index (χ4v) is 2.81. The van der Waals surface area contributed by atoms with Gasteiger partial charge < -0.3 is 0 Å². The molecule has 2 aromatic heterocycles. The molecule has 4 rings (SSSR count). The van der Waals surface area contributed by atoms with E-state index in [0.717, 1.165) is 28.2 Å². The normalized spacial score (nSPS) is 10.9. The highest BCUT2D eigenvalue weighted by Crippen LogP contribution is 2.24. The molecule has 0 aliphatic heterocycles. The van der Waals surface area contributed by atoms with Crippen LogP contribution in [0.1, 0.15) is 25.6 Å². The monoisotopic (exact) mass is 352 g/mol. The van der Waals surface area contributed by atoms with Crippen molar-refractivity contribution in [3.8, 4) is 34.0 Å². The van der Waals surface area contributed by atoms with Crippen LogP contribution in [0.2, 0.25) is 0 Å². The zero-order chi connectivity index (χ0) is 18.6. The molecule has 0 spiro atoms. The van der Waals surface area contributed by atoms with Crippen LogP contribution in [0.3, 0.4) is 0 Å². The molecule has 0 radical (unpaired) electrons. The molecule has 0 aliphatic carbocycles. The van der Waals surface area contributed by atoms with Crippen LogP contribution in [-0.2, 0) is 0 Å². The quantitative estimate of drug-likeness (QED) is 0.494. The maximum absolute atomic E-state index is 4.67. The van der Waals surface area contributed by atoms with Crippen LogP contribution in [0.15, 0.2) is 79.0 Å². The number of hydrogen-bond acceptors (Lipinski definition) is 4. The molecule has 2 heterocycles. The minimum atomic E-state index is 0.206. The van der Waals surface area contributed by atoms with Crippen molar-refractivity contribution < 1.29 is 0 Å². The van der Waals surface area contributed by atoms with Crippen molar-refractivity contribution in [2.75, 3.05) is 0 Å². The van der Waals surface area contributed by atoms with Crippen molar-refractivity contribution in [1.82, 2.24) is 19.9 Å². The molecule has 27 heavy (non-hydrogen) atoms. The summed E-state index contributed by atoms with van der Waals surface area (Å²) in [5.74, 6) is 2.26. The Balaban J connectivity index is 1.76. The predicted octanol–water partition coefficient (Wildman–Crippen LogP) is 5.39. The van der Waals surface area contributed by atoms with E-state index in [-0.39, 0.29) is 5.92 Å². The molecule has 4 aromatic rings. The largest absolute Gasteiger partial charge is 0.252 e. The van der Waals surface area contributed by atoms with Gasteiger partial charge in [0.15, 0.2) is 11.6 Å². The molecule has 132 valence electrons. The van der Waals surface area contributed by atoms with Crippen LogP contribution in [0.25, 0.3) is 34.0 Å². The molecule has 0 aliphatic rings. The van der Waals surface area contributed by atoms with Crippen molar-refractivity contribution in [3.05, 3.63) is 84.8 Å². The van der Waals surface area contributed by atoms with E-state index in [1.54, 1.807) is 0 Å². The number of benzene rings is 2. The van der Waals surface area contributed by atoms with Gasteiger partial charge in [-0.2, -0.15) is 0 Å². The van der Waals surface area contributed by atoms with Gasteiger partial charge in [-0.1, -0.05) is 80.6 Å². The molecule has 0 N–H and O–H groups in total. The van der Waals surface area contributed by atoms with Gasteiger partial charge in [0.1, 0.15) is 11.5 Å². The highest BCUT2D eigenvalue weighted by atomic mass is 15.0. The topological polar surface area (TPSA) is 51.6 Å². The highest BCUT2D eigenvalue weighted by Gasteiger charge is 2.13. The number of hydrogen-bond donors (Lipinski definition) is 0. The Morgan fingerprint density at radius 3 is 1.81 bits per heavy atom. The molecule has 0 fully saturated rings. The third kappa shape index (κ3) is 3.75. The summed E-state index contributed by atoms with van der Waals surface area (Å²) >= 11 is 0. The maximum Gasteiger partial charge on any atom is 0.182 e. The van der Waals surface area contributed by atoms with Crippen LogP contribution < -0.4 is 0 Å². The van der Waals surface area contributed by atoms with Gasteiger partial charge in [0, 0.05) is 23.2 Å². The second kappa shape index (κ2) is 7.46. The minimum Gasteiger partial charge on any atom is -0.252 e. The summed E-state index contributed by atoms with van der Waals surface area (Å²) in [6.45, 7) is 4.17. The molecule has 0 bridgehead atoms. The van der Waals surface area contributed by atoms with E-state index in [9.17, 15) is 0 Å². The first-order valence-corrected chi connectivity index (χ1v) is 9.04. The van der Waals surface area contributed by atoms with Gasteiger partial charge in [-0.3, -0.25) is 4.98 Å². The Labute approximate surface area is 159 Å². The minimum absolute atomic E-state index is 0.206. The average Bonchev–Trinajstić information content (AvgIpc) is 2.75. The SMILES string of the molecule is CC(C)c1nc(-c2ccccc2)nc(-c2ccc(-c3ccccc3)cn2)n1.